The number of carbonyl (C=O) groups excluding carboxylic acids is 2. The molecule has 0 unspecified atom stereocenters. The molecular formula is C19H25N5O3. The minimum atomic E-state index is -0.728. The average molecular weight is 371 g/mol. The molecule has 0 radical (unpaired) electrons. The summed E-state index contributed by atoms with van der Waals surface area (Å²) >= 11 is 0. The third-order valence-corrected chi connectivity index (χ3v) is 5.51. The Hall–Kier alpha value is -2.61. The summed E-state index contributed by atoms with van der Waals surface area (Å²) in [6.45, 7) is 5.46. The molecule has 1 atom stereocenters. The van der Waals surface area contributed by atoms with Crippen LogP contribution < -0.4 is 11.1 Å². The van der Waals surface area contributed by atoms with Crippen molar-refractivity contribution in [1.29, 1.82) is 0 Å². The molecule has 2 aromatic rings. The minimum Gasteiger partial charge on any atom is -0.430 e. The molecule has 3 amide bonds. The SMILES string of the molecule is Cc1ccc2c(NC(=O)N3CC[C@@H](N4CCCCC4)C3)c(C(N)=O)oc2n1. The van der Waals surface area contributed by atoms with Crippen LogP contribution in [-0.2, 0) is 0 Å². The van der Waals surface area contributed by atoms with Gasteiger partial charge in [-0.2, -0.15) is 0 Å². The molecule has 0 aliphatic carbocycles. The van der Waals surface area contributed by atoms with E-state index in [9.17, 15) is 9.59 Å². The van der Waals surface area contributed by atoms with Gasteiger partial charge < -0.3 is 20.4 Å². The highest BCUT2D eigenvalue weighted by molar-refractivity contribution is 6.09. The lowest BCUT2D eigenvalue weighted by atomic mass is 10.1. The molecule has 4 heterocycles. The lowest BCUT2D eigenvalue weighted by molar-refractivity contribution is 0.0977. The van der Waals surface area contributed by atoms with Crippen molar-refractivity contribution in [2.45, 2.75) is 38.6 Å². The average Bonchev–Trinajstić information content (AvgIpc) is 3.28. The third kappa shape index (κ3) is 3.49. The molecular weight excluding hydrogens is 346 g/mol. The number of nitrogens with zero attached hydrogens (tertiary/aromatic N) is 3. The van der Waals surface area contributed by atoms with Crippen molar-refractivity contribution in [1.82, 2.24) is 14.8 Å². The standard InChI is InChI=1S/C19H25N5O3/c1-12-5-6-14-15(16(17(20)25)27-18(14)21-12)22-19(26)24-10-7-13(11-24)23-8-3-2-4-9-23/h5-6,13H,2-4,7-11H2,1H3,(H2,20,25)(H,22,26)/t13-/m1/s1. The van der Waals surface area contributed by atoms with E-state index < -0.39 is 5.91 Å². The Morgan fingerprint density at radius 2 is 2.00 bits per heavy atom. The largest absolute Gasteiger partial charge is 0.430 e. The summed E-state index contributed by atoms with van der Waals surface area (Å²) in [6, 6.07) is 3.77. The number of hydrogen-bond acceptors (Lipinski definition) is 5. The van der Waals surface area contributed by atoms with Gasteiger partial charge in [0.15, 0.2) is 0 Å². The topological polar surface area (TPSA) is 105 Å². The number of piperidine rings is 1. The highest BCUT2D eigenvalue weighted by atomic mass is 16.4. The Balaban J connectivity index is 1.51. The summed E-state index contributed by atoms with van der Waals surface area (Å²) in [5.74, 6) is -0.795. The molecule has 0 saturated carbocycles. The molecule has 27 heavy (non-hydrogen) atoms. The lowest BCUT2D eigenvalue weighted by Crippen LogP contribution is -2.42. The Morgan fingerprint density at radius 1 is 1.22 bits per heavy atom. The van der Waals surface area contributed by atoms with Crippen molar-refractivity contribution in [3.8, 4) is 0 Å². The van der Waals surface area contributed by atoms with Crippen molar-refractivity contribution in [3.63, 3.8) is 0 Å². The van der Waals surface area contributed by atoms with Gasteiger partial charge in [-0.05, 0) is 51.4 Å². The van der Waals surface area contributed by atoms with Crippen molar-refractivity contribution >= 4 is 28.7 Å². The summed E-state index contributed by atoms with van der Waals surface area (Å²) in [6.07, 6.45) is 4.74. The van der Waals surface area contributed by atoms with E-state index in [0.29, 0.717) is 35.9 Å². The first-order valence-electron chi connectivity index (χ1n) is 9.53. The number of carbonyl (C=O) groups is 2. The summed E-state index contributed by atoms with van der Waals surface area (Å²) in [7, 11) is 0. The van der Waals surface area contributed by atoms with Crippen LogP contribution in [0.5, 0.6) is 0 Å². The van der Waals surface area contributed by atoms with Gasteiger partial charge in [0.25, 0.3) is 5.91 Å². The zero-order chi connectivity index (χ0) is 19.0. The van der Waals surface area contributed by atoms with Gasteiger partial charge in [-0.25, -0.2) is 9.78 Å². The first-order chi connectivity index (χ1) is 13.0. The number of fused-ring (bicyclic) bond motifs is 1. The second-order valence-corrected chi connectivity index (χ2v) is 7.39. The molecule has 4 rings (SSSR count). The van der Waals surface area contributed by atoms with E-state index in [1.54, 1.807) is 17.0 Å². The van der Waals surface area contributed by atoms with Crippen molar-refractivity contribution in [2.24, 2.45) is 5.73 Å². The number of pyridine rings is 1. The van der Waals surface area contributed by atoms with E-state index >= 15 is 0 Å². The van der Waals surface area contributed by atoms with E-state index in [-0.39, 0.29) is 11.8 Å². The third-order valence-electron chi connectivity index (χ3n) is 5.51. The van der Waals surface area contributed by atoms with Crippen LogP contribution in [0, 0.1) is 6.92 Å². The fourth-order valence-corrected chi connectivity index (χ4v) is 4.06. The van der Waals surface area contributed by atoms with Gasteiger partial charge in [-0.15, -0.1) is 0 Å². The Morgan fingerprint density at radius 3 is 2.74 bits per heavy atom. The van der Waals surface area contributed by atoms with Gasteiger partial charge in [0.1, 0.15) is 5.69 Å². The molecule has 2 aliphatic heterocycles. The summed E-state index contributed by atoms with van der Waals surface area (Å²) in [5, 5.41) is 3.41. The van der Waals surface area contributed by atoms with Gasteiger partial charge in [0.05, 0.1) is 5.39 Å². The number of aromatic nitrogens is 1. The van der Waals surface area contributed by atoms with Gasteiger partial charge in [0, 0.05) is 24.8 Å². The molecule has 2 aromatic heterocycles. The van der Waals surface area contributed by atoms with E-state index in [0.717, 1.165) is 25.2 Å². The van der Waals surface area contributed by atoms with E-state index in [1.807, 2.05) is 6.92 Å². The molecule has 2 fully saturated rings. The summed E-state index contributed by atoms with van der Waals surface area (Å²) in [5.41, 5.74) is 6.79. The molecule has 0 bridgehead atoms. The summed E-state index contributed by atoms with van der Waals surface area (Å²) in [4.78, 5) is 33.1. The van der Waals surface area contributed by atoms with Crippen LogP contribution in [0.3, 0.4) is 0 Å². The van der Waals surface area contributed by atoms with Crippen molar-refractivity contribution in [2.75, 3.05) is 31.5 Å². The quantitative estimate of drug-likeness (QED) is 0.861. The predicted octanol–water partition coefficient (Wildman–Crippen LogP) is 2.33. The normalized spacial score (nSPS) is 20.9. The maximum Gasteiger partial charge on any atom is 0.322 e. The van der Waals surface area contributed by atoms with Gasteiger partial charge in [-0.1, -0.05) is 6.42 Å². The maximum atomic E-state index is 12.8. The predicted molar refractivity (Wildman–Crippen MR) is 102 cm³/mol. The number of nitrogens with two attached hydrogens (primary N) is 1. The number of hydrogen-bond donors (Lipinski definition) is 2. The monoisotopic (exact) mass is 371 g/mol. The fourth-order valence-electron chi connectivity index (χ4n) is 4.06. The molecule has 8 heteroatoms. The van der Waals surface area contributed by atoms with Crippen molar-refractivity contribution in [3.05, 3.63) is 23.6 Å². The van der Waals surface area contributed by atoms with E-state index in [4.69, 9.17) is 10.2 Å². The number of anilines is 1. The number of likely N-dealkylation sites (tertiary alicyclic amines) is 2. The van der Waals surface area contributed by atoms with Crippen LogP contribution in [-0.4, -0.2) is 58.9 Å². The molecule has 2 aliphatic rings. The second kappa shape index (κ2) is 7.19. The summed E-state index contributed by atoms with van der Waals surface area (Å²) < 4.78 is 5.49. The fraction of sp³-hybridized carbons (Fsp3) is 0.526. The number of rotatable bonds is 3. The highest BCUT2D eigenvalue weighted by Crippen LogP contribution is 2.30. The Labute approximate surface area is 157 Å². The highest BCUT2D eigenvalue weighted by Gasteiger charge is 2.32. The number of furan rings is 1. The zero-order valence-electron chi connectivity index (χ0n) is 15.5. The molecule has 2 saturated heterocycles. The zero-order valence-corrected chi connectivity index (χ0v) is 15.5. The molecule has 144 valence electrons. The van der Waals surface area contributed by atoms with Crippen LogP contribution in [0.25, 0.3) is 11.1 Å². The molecule has 3 N–H and O–H groups in total. The minimum absolute atomic E-state index is 0.0665. The molecule has 8 nitrogen and oxygen atoms in total. The Bertz CT molecular complexity index is 872. The first-order valence-corrected chi connectivity index (χ1v) is 9.53. The van der Waals surface area contributed by atoms with Crippen LogP contribution in [0.1, 0.15) is 41.9 Å². The van der Waals surface area contributed by atoms with Crippen LogP contribution in [0.2, 0.25) is 0 Å². The van der Waals surface area contributed by atoms with Gasteiger partial charge in [0.2, 0.25) is 11.5 Å². The number of primary amides is 1. The Kier molecular flexibility index (Phi) is 4.73. The number of amides is 3. The van der Waals surface area contributed by atoms with Crippen LogP contribution >= 0.6 is 0 Å². The lowest BCUT2D eigenvalue weighted by Gasteiger charge is -2.32. The van der Waals surface area contributed by atoms with Crippen LogP contribution in [0.4, 0.5) is 10.5 Å². The smallest absolute Gasteiger partial charge is 0.322 e. The maximum absolute atomic E-state index is 12.8. The second-order valence-electron chi connectivity index (χ2n) is 7.39. The van der Waals surface area contributed by atoms with Gasteiger partial charge in [-0.3, -0.25) is 9.69 Å². The molecule has 0 aromatic carbocycles. The first kappa shape index (κ1) is 17.8. The van der Waals surface area contributed by atoms with E-state index in [2.05, 4.69) is 15.2 Å². The van der Waals surface area contributed by atoms with Gasteiger partial charge >= 0.3 is 6.03 Å². The van der Waals surface area contributed by atoms with Crippen molar-refractivity contribution < 1.29 is 14.0 Å². The number of nitrogens with one attached hydrogen (secondary N) is 1. The molecule has 0 spiro atoms. The number of urea groups is 1. The van der Waals surface area contributed by atoms with E-state index in [1.165, 1.54) is 19.3 Å². The number of aryl methyl sites for hydroxylation is 1. The van der Waals surface area contributed by atoms with Crippen LogP contribution in [0.15, 0.2) is 16.5 Å².